The second kappa shape index (κ2) is 12.0. The van der Waals surface area contributed by atoms with Gasteiger partial charge in [0, 0.05) is 43.6 Å². The van der Waals surface area contributed by atoms with Crippen LogP contribution in [-0.2, 0) is 15.0 Å². The topological polar surface area (TPSA) is 70.5 Å². The van der Waals surface area contributed by atoms with Gasteiger partial charge in [0.2, 0.25) is 5.91 Å². The third-order valence-corrected chi connectivity index (χ3v) is 11.8. The predicted octanol–water partition coefficient (Wildman–Crippen LogP) is 6.72. The zero-order valence-corrected chi connectivity index (χ0v) is 28.0. The van der Waals surface area contributed by atoms with Crippen LogP contribution in [-0.4, -0.2) is 67.9 Å². The molecule has 2 bridgehead atoms. The van der Waals surface area contributed by atoms with Gasteiger partial charge in [-0.25, -0.2) is 9.37 Å². The Kier molecular flexibility index (Phi) is 8.53. The van der Waals surface area contributed by atoms with Gasteiger partial charge in [-0.15, -0.1) is 0 Å². The highest BCUT2D eigenvalue weighted by Crippen LogP contribution is 2.46. The molecule has 2 amide bonds. The Labute approximate surface area is 271 Å². The molecule has 3 aliphatic heterocycles. The standard InChI is InChI=1S/C36H47ClFN5O2/c1-24-39-31-11-6-7-12-32(31)43(24)30-22-28-13-14-29(23-30)42(28)20-17-35(26-9-8-10-27(38)21-26)15-18-41(19-16-35)33(45)36(37,34(3,4)5)40-25(2)44/h6-12,21,28-30H,13-20,22-23H2,1-5H3,(H,40,44)/t28-,29+,30?,36-/m0/s1. The molecule has 4 atom stereocenters. The molecule has 3 aliphatic rings. The second-order valence-corrected chi connectivity index (χ2v) is 15.3. The number of nitrogens with one attached hydrogen (secondary N) is 1. The summed E-state index contributed by atoms with van der Waals surface area (Å²) < 4.78 is 17.1. The average Bonchev–Trinajstić information content (AvgIpc) is 3.45. The van der Waals surface area contributed by atoms with Crippen molar-refractivity contribution in [3.05, 3.63) is 65.7 Å². The number of aromatic nitrogens is 2. The Morgan fingerprint density at radius 1 is 1.02 bits per heavy atom. The van der Waals surface area contributed by atoms with E-state index in [1.165, 1.54) is 31.3 Å². The molecule has 0 saturated carbocycles. The average molecular weight is 636 g/mol. The maximum atomic E-state index is 14.6. The Morgan fingerprint density at radius 2 is 1.69 bits per heavy atom. The molecule has 3 aromatic rings. The van der Waals surface area contributed by atoms with Gasteiger partial charge in [-0.3, -0.25) is 14.5 Å². The number of fused-ring (bicyclic) bond motifs is 3. The second-order valence-electron chi connectivity index (χ2n) is 14.7. The largest absolute Gasteiger partial charge is 0.339 e. The smallest absolute Gasteiger partial charge is 0.264 e. The van der Waals surface area contributed by atoms with Crippen molar-refractivity contribution in [3.8, 4) is 0 Å². The summed E-state index contributed by atoms with van der Waals surface area (Å²) in [5.74, 6) is 0.245. The summed E-state index contributed by atoms with van der Waals surface area (Å²) in [5.41, 5.74) is 2.35. The number of hydrogen-bond donors (Lipinski definition) is 1. The minimum atomic E-state index is -1.54. The number of piperidine rings is 2. The third-order valence-electron chi connectivity index (χ3n) is 11.0. The van der Waals surface area contributed by atoms with Crippen molar-refractivity contribution >= 4 is 34.4 Å². The number of imidazole rings is 1. The lowest BCUT2D eigenvalue weighted by Crippen LogP contribution is -2.63. The summed E-state index contributed by atoms with van der Waals surface area (Å²) >= 11 is 6.91. The monoisotopic (exact) mass is 635 g/mol. The van der Waals surface area contributed by atoms with Crippen LogP contribution in [0.5, 0.6) is 0 Å². The fourth-order valence-corrected chi connectivity index (χ4v) is 8.70. The number of alkyl halides is 1. The summed E-state index contributed by atoms with van der Waals surface area (Å²) in [6.07, 6.45) is 6.96. The normalized spacial score (nSPS) is 24.9. The van der Waals surface area contributed by atoms with E-state index in [0.717, 1.165) is 42.7 Å². The Morgan fingerprint density at radius 3 is 2.31 bits per heavy atom. The Hall–Kier alpha value is -2.97. The number of hydrogen-bond acceptors (Lipinski definition) is 4. The molecule has 45 heavy (non-hydrogen) atoms. The van der Waals surface area contributed by atoms with Crippen molar-refractivity contribution in [2.45, 2.75) is 108 Å². The first-order chi connectivity index (χ1) is 21.3. The van der Waals surface area contributed by atoms with Gasteiger partial charge in [0.15, 0.2) is 5.00 Å². The predicted molar refractivity (Wildman–Crippen MR) is 177 cm³/mol. The molecule has 2 aromatic carbocycles. The SMILES string of the molecule is CC(=O)N[C@@](Cl)(C(=O)N1CCC(CCN2[C@@H]3CC[C@H]2CC(n2c(C)nc4ccccc42)C3)(c2cccc(F)c2)CC1)C(C)(C)C. The van der Waals surface area contributed by atoms with Crippen molar-refractivity contribution in [1.82, 2.24) is 24.7 Å². The van der Waals surface area contributed by atoms with E-state index in [4.69, 9.17) is 16.6 Å². The number of halogens is 2. The van der Waals surface area contributed by atoms with Crippen LogP contribution in [0.15, 0.2) is 48.5 Å². The Bertz CT molecular complexity index is 1560. The zero-order chi connectivity index (χ0) is 32.1. The highest BCUT2D eigenvalue weighted by atomic mass is 35.5. The molecule has 0 aliphatic carbocycles. The molecule has 4 heterocycles. The molecule has 1 N–H and O–H groups in total. The molecule has 3 saturated heterocycles. The number of nitrogens with zero attached hydrogens (tertiary/aromatic N) is 4. The van der Waals surface area contributed by atoms with Gasteiger partial charge >= 0.3 is 0 Å². The van der Waals surface area contributed by atoms with Crippen LogP contribution in [0.25, 0.3) is 11.0 Å². The number of carbonyl (C=O) groups is 2. The van der Waals surface area contributed by atoms with Crippen LogP contribution >= 0.6 is 11.6 Å². The van der Waals surface area contributed by atoms with Crippen LogP contribution < -0.4 is 5.32 Å². The van der Waals surface area contributed by atoms with E-state index in [0.29, 0.717) is 44.1 Å². The summed E-state index contributed by atoms with van der Waals surface area (Å²) in [6.45, 7) is 11.1. The van der Waals surface area contributed by atoms with Crippen molar-refractivity contribution in [2.75, 3.05) is 19.6 Å². The number of amides is 2. The van der Waals surface area contributed by atoms with E-state index in [2.05, 4.69) is 46.0 Å². The van der Waals surface area contributed by atoms with Gasteiger partial charge in [-0.1, -0.05) is 56.6 Å². The summed E-state index contributed by atoms with van der Waals surface area (Å²) in [6, 6.07) is 17.0. The minimum Gasteiger partial charge on any atom is -0.339 e. The van der Waals surface area contributed by atoms with Crippen LogP contribution in [0.1, 0.15) is 90.1 Å². The van der Waals surface area contributed by atoms with E-state index < -0.39 is 10.4 Å². The maximum Gasteiger partial charge on any atom is 0.264 e. The summed E-state index contributed by atoms with van der Waals surface area (Å²) in [5, 5.41) is 2.74. The maximum absolute atomic E-state index is 14.6. The van der Waals surface area contributed by atoms with E-state index in [-0.39, 0.29) is 23.0 Å². The van der Waals surface area contributed by atoms with E-state index >= 15 is 0 Å². The molecular formula is C36H47ClFN5O2. The minimum absolute atomic E-state index is 0.229. The Balaban J connectivity index is 1.19. The van der Waals surface area contributed by atoms with E-state index in [1.807, 2.05) is 26.8 Å². The number of benzene rings is 2. The first-order valence-corrected chi connectivity index (χ1v) is 16.9. The van der Waals surface area contributed by atoms with Crippen LogP contribution in [0.4, 0.5) is 4.39 Å². The lowest BCUT2D eigenvalue weighted by Gasteiger charge is -2.48. The number of carbonyl (C=O) groups excluding carboxylic acids is 2. The first kappa shape index (κ1) is 32.0. The van der Waals surface area contributed by atoms with Crippen LogP contribution in [0.2, 0.25) is 0 Å². The lowest BCUT2D eigenvalue weighted by molar-refractivity contribution is -0.143. The van der Waals surface area contributed by atoms with Gasteiger partial charge in [0.25, 0.3) is 5.91 Å². The molecule has 7 nitrogen and oxygen atoms in total. The number of para-hydroxylation sites is 2. The molecule has 0 radical (unpaired) electrons. The van der Waals surface area contributed by atoms with Gasteiger partial charge in [0.1, 0.15) is 11.6 Å². The van der Waals surface area contributed by atoms with Crippen LogP contribution in [0, 0.1) is 18.2 Å². The number of aryl methyl sites for hydroxylation is 1. The highest BCUT2D eigenvalue weighted by Gasteiger charge is 2.51. The van der Waals surface area contributed by atoms with E-state index in [1.54, 1.807) is 17.0 Å². The van der Waals surface area contributed by atoms with Gasteiger partial charge in [0.05, 0.1) is 11.0 Å². The van der Waals surface area contributed by atoms with Crippen molar-refractivity contribution in [1.29, 1.82) is 0 Å². The molecule has 0 spiro atoms. The number of likely N-dealkylation sites (tertiary alicyclic amines) is 1. The third kappa shape index (κ3) is 5.89. The lowest BCUT2D eigenvalue weighted by atomic mass is 9.70. The van der Waals surface area contributed by atoms with E-state index in [9.17, 15) is 14.0 Å². The van der Waals surface area contributed by atoms with Crippen molar-refractivity contribution < 1.29 is 14.0 Å². The molecule has 6 rings (SSSR count). The fourth-order valence-electron chi connectivity index (χ4n) is 8.45. The first-order valence-electron chi connectivity index (χ1n) is 16.5. The molecule has 9 heteroatoms. The molecule has 1 aromatic heterocycles. The van der Waals surface area contributed by atoms with Crippen molar-refractivity contribution in [3.63, 3.8) is 0 Å². The molecule has 1 unspecified atom stereocenters. The number of rotatable bonds is 7. The van der Waals surface area contributed by atoms with Crippen LogP contribution in [0.3, 0.4) is 0 Å². The van der Waals surface area contributed by atoms with Gasteiger partial charge in [-0.2, -0.15) is 0 Å². The van der Waals surface area contributed by atoms with Gasteiger partial charge < -0.3 is 14.8 Å². The quantitative estimate of drug-likeness (QED) is 0.231. The highest BCUT2D eigenvalue weighted by molar-refractivity contribution is 6.36. The van der Waals surface area contributed by atoms with Crippen molar-refractivity contribution in [2.24, 2.45) is 5.41 Å². The fraction of sp³-hybridized carbons (Fsp3) is 0.583. The zero-order valence-electron chi connectivity index (χ0n) is 27.3. The van der Waals surface area contributed by atoms with Gasteiger partial charge in [-0.05, 0) is 93.7 Å². The summed E-state index contributed by atoms with van der Waals surface area (Å²) in [4.78, 5) is 33.7. The summed E-state index contributed by atoms with van der Waals surface area (Å²) in [7, 11) is 0. The molecule has 242 valence electrons. The molecule has 3 fully saturated rings. The molecular weight excluding hydrogens is 589 g/mol.